The van der Waals surface area contributed by atoms with Gasteiger partial charge < -0.3 is 14.5 Å². The third-order valence-electron chi connectivity index (χ3n) is 5.46. The quantitative estimate of drug-likeness (QED) is 0.464. The molecule has 32 heavy (non-hydrogen) atoms. The highest BCUT2D eigenvalue weighted by atomic mass is 32.1. The van der Waals surface area contributed by atoms with Gasteiger partial charge in [0.2, 0.25) is 0 Å². The number of benzene rings is 2. The fraction of sp³-hybridized carbons (Fsp3) is 0.261. The number of halogens is 1. The number of anilines is 1. The number of hydrogen-bond acceptors (Lipinski definition) is 6. The maximum atomic E-state index is 13.0. The van der Waals surface area contributed by atoms with E-state index < -0.39 is 0 Å². The van der Waals surface area contributed by atoms with E-state index in [1.54, 1.807) is 16.2 Å². The van der Waals surface area contributed by atoms with E-state index in [2.05, 4.69) is 10.00 Å². The van der Waals surface area contributed by atoms with Crippen molar-refractivity contribution in [3.8, 4) is 11.4 Å². The van der Waals surface area contributed by atoms with Crippen LogP contribution in [0.4, 0.5) is 9.52 Å². The number of piperazine rings is 1. The molecule has 1 saturated heterocycles. The summed E-state index contributed by atoms with van der Waals surface area (Å²) in [6.45, 7) is 4.56. The minimum absolute atomic E-state index is 0.0567. The summed E-state index contributed by atoms with van der Waals surface area (Å²) < 4.78 is 21.4. The Balaban J connectivity index is 1.23. The first-order valence-electron chi connectivity index (χ1n) is 10.4. The summed E-state index contributed by atoms with van der Waals surface area (Å²) in [6, 6.07) is 15.7. The van der Waals surface area contributed by atoms with Crippen LogP contribution in [0.2, 0.25) is 0 Å². The number of nitrogens with zero attached hydrogens (tertiary/aromatic N) is 5. The summed E-state index contributed by atoms with van der Waals surface area (Å²) >= 11 is 1.64. The summed E-state index contributed by atoms with van der Waals surface area (Å²) in [5, 5.41) is 5.59. The molecular formula is C23H22FN5O2S. The number of thiazole rings is 1. The molecule has 0 radical (unpaired) electrons. The van der Waals surface area contributed by atoms with Gasteiger partial charge in [-0.2, -0.15) is 10.1 Å². The van der Waals surface area contributed by atoms with Gasteiger partial charge in [-0.25, -0.2) is 9.07 Å². The number of fused-ring (bicyclic) bond motifs is 1. The van der Waals surface area contributed by atoms with Crippen molar-refractivity contribution < 1.29 is 13.9 Å². The van der Waals surface area contributed by atoms with Gasteiger partial charge in [-0.3, -0.25) is 4.79 Å². The lowest BCUT2D eigenvalue weighted by molar-refractivity contribution is -0.133. The van der Waals surface area contributed by atoms with Crippen molar-refractivity contribution >= 4 is 32.7 Å². The zero-order valence-electron chi connectivity index (χ0n) is 17.6. The van der Waals surface area contributed by atoms with E-state index in [1.807, 2.05) is 41.9 Å². The number of ether oxygens (including phenoxy) is 1. The lowest BCUT2D eigenvalue weighted by Gasteiger charge is -2.34. The third-order valence-corrected chi connectivity index (χ3v) is 6.67. The van der Waals surface area contributed by atoms with E-state index >= 15 is 0 Å². The Morgan fingerprint density at radius 2 is 1.78 bits per heavy atom. The first-order valence-corrected chi connectivity index (χ1v) is 11.2. The fourth-order valence-electron chi connectivity index (χ4n) is 3.72. The van der Waals surface area contributed by atoms with E-state index in [9.17, 15) is 9.18 Å². The van der Waals surface area contributed by atoms with Crippen LogP contribution in [-0.2, 0) is 4.79 Å². The van der Waals surface area contributed by atoms with Gasteiger partial charge in [0.25, 0.3) is 5.91 Å². The zero-order valence-corrected chi connectivity index (χ0v) is 18.4. The van der Waals surface area contributed by atoms with Crippen molar-refractivity contribution in [1.82, 2.24) is 19.7 Å². The molecule has 0 spiro atoms. The smallest absolute Gasteiger partial charge is 0.260 e. The predicted octanol–water partition coefficient (Wildman–Crippen LogP) is 3.66. The number of aromatic nitrogens is 3. The molecule has 1 aliphatic heterocycles. The van der Waals surface area contributed by atoms with E-state index in [4.69, 9.17) is 9.72 Å². The van der Waals surface area contributed by atoms with Crippen LogP contribution >= 0.6 is 11.3 Å². The van der Waals surface area contributed by atoms with Crippen LogP contribution in [0.5, 0.6) is 5.75 Å². The van der Waals surface area contributed by atoms with Gasteiger partial charge in [0.05, 0.1) is 16.1 Å². The molecule has 7 nitrogen and oxygen atoms in total. The Morgan fingerprint density at radius 3 is 2.50 bits per heavy atom. The first-order chi connectivity index (χ1) is 15.6. The van der Waals surface area contributed by atoms with Crippen molar-refractivity contribution in [3.05, 3.63) is 66.1 Å². The Hall–Kier alpha value is -3.46. The molecule has 1 aliphatic rings. The highest BCUT2D eigenvalue weighted by molar-refractivity contribution is 7.22. The molecule has 0 unspecified atom stereocenters. The molecule has 0 atom stereocenters. The Kier molecular flexibility index (Phi) is 5.48. The van der Waals surface area contributed by atoms with E-state index in [0.717, 1.165) is 26.9 Å². The predicted molar refractivity (Wildman–Crippen MR) is 122 cm³/mol. The minimum atomic E-state index is -0.332. The normalized spacial score (nSPS) is 14.2. The molecule has 0 bridgehead atoms. The number of para-hydroxylation sites is 1. The molecule has 9 heteroatoms. The molecule has 2 aromatic heterocycles. The topological polar surface area (TPSA) is 63.5 Å². The van der Waals surface area contributed by atoms with Crippen LogP contribution in [0.1, 0.15) is 5.69 Å². The molecule has 0 N–H and O–H groups in total. The SMILES string of the molecule is Cc1nn(-c2ccccc2)c2nc(N3CCN(C(=O)COc4ccc(F)cc4)CC3)sc12. The maximum Gasteiger partial charge on any atom is 0.260 e. The molecule has 5 rings (SSSR count). The Bertz CT molecular complexity index is 1230. The van der Waals surface area contributed by atoms with Crippen LogP contribution in [0, 0.1) is 12.7 Å². The fourth-order valence-corrected chi connectivity index (χ4v) is 4.76. The number of carbonyl (C=O) groups is 1. The van der Waals surface area contributed by atoms with Gasteiger partial charge in [0.1, 0.15) is 11.6 Å². The highest BCUT2D eigenvalue weighted by Crippen LogP contribution is 2.33. The maximum absolute atomic E-state index is 13.0. The van der Waals surface area contributed by atoms with Crippen molar-refractivity contribution in [3.63, 3.8) is 0 Å². The molecular weight excluding hydrogens is 429 g/mol. The average Bonchev–Trinajstić information content (AvgIpc) is 3.40. The van der Waals surface area contributed by atoms with Gasteiger partial charge in [-0.05, 0) is 43.3 Å². The van der Waals surface area contributed by atoms with Crippen LogP contribution < -0.4 is 9.64 Å². The monoisotopic (exact) mass is 451 g/mol. The highest BCUT2D eigenvalue weighted by Gasteiger charge is 2.25. The molecule has 1 amide bonds. The minimum Gasteiger partial charge on any atom is -0.484 e. The van der Waals surface area contributed by atoms with Gasteiger partial charge >= 0.3 is 0 Å². The lowest BCUT2D eigenvalue weighted by Crippen LogP contribution is -2.50. The molecule has 2 aromatic carbocycles. The second kappa shape index (κ2) is 8.58. The third kappa shape index (κ3) is 4.03. The van der Waals surface area contributed by atoms with Crippen LogP contribution in [0.3, 0.4) is 0 Å². The zero-order chi connectivity index (χ0) is 22.1. The molecule has 0 aliphatic carbocycles. The molecule has 4 aromatic rings. The first kappa shape index (κ1) is 20.4. The van der Waals surface area contributed by atoms with Gasteiger partial charge in [0, 0.05) is 26.2 Å². The van der Waals surface area contributed by atoms with Crippen molar-refractivity contribution in [2.75, 3.05) is 37.7 Å². The summed E-state index contributed by atoms with van der Waals surface area (Å²) in [5.41, 5.74) is 2.80. The molecule has 1 fully saturated rings. The van der Waals surface area contributed by atoms with E-state index in [1.165, 1.54) is 24.3 Å². The number of rotatable bonds is 5. The number of amides is 1. The largest absolute Gasteiger partial charge is 0.484 e. The average molecular weight is 452 g/mol. The second-order valence-corrected chi connectivity index (χ2v) is 8.57. The molecule has 0 saturated carbocycles. The van der Waals surface area contributed by atoms with Crippen molar-refractivity contribution in [2.24, 2.45) is 0 Å². The number of aryl methyl sites for hydroxylation is 1. The van der Waals surface area contributed by atoms with Gasteiger partial charge in [-0.15, -0.1) is 0 Å². The number of hydrogen-bond donors (Lipinski definition) is 0. The Labute approximate surface area is 188 Å². The lowest BCUT2D eigenvalue weighted by atomic mass is 10.3. The second-order valence-electron chi connectivity index (χ2n) is 7.59. The Morgan fingerprint density at radius 1 is 1.06 bits per heavy atom. The summed E-state index contributed by atoms with van der Waals surface area (Å²) in [6.07, 6.45) is 0. The van der Waals surface area contributed by atoms with E-state index in [-0.39, 0.29) is 18.3 Å². The van der Waals surface area contributed by atoms with Crippen LogP contribution in [-0.4, -0.2) is 58.4 Å². The standard InChI is InChI=1S/C23H22FN5O2S/c1-16-21-22(29(26-16)18-5-3-2-4-6-18)25-23(32-21)28-13-11-27(12-14-28)20(30)15-31-19-9-7-17(24)8-10-19/h2-10H,11-15H2,1H3. The van der Waals surface area contributed by atoms with Crippen molar-refractivity contribution in [1.29, 1.82) is 0 Å². The summed E-state index contributed by atoms with van der Waals surface area (Å²) in [7, 11) is 0. The van der Waals surface area contributed by atoms with Gasteiger partial charge in [0.15, 0.2) is 17.4 Å². The number of carbonyl (C=O) groups excluding carboxylic acids is 1. The van der Waals surface area contributed by atoms with Crippen molar-refractivity contribution in [2.45, 2.75) is 6.92 Å². The summed E-state index contributed by atoms with van der Waals surface area (Å²) in [5.74, 6) is 0.0749. The van der Waals surface area contributed by atoms with Gasteiger partial charge in [-0.1, -0.05) is 29.5 Å². The molecule has 164 valence electrons. The summed E-state index contributed by atoms with van der Waals surface area (Å²) in [4.78, 5) is 21.4. The van der Waals surface area contributed by atoms with Crippen LogP contribution in [0.15, 0.2) is 54.6 Å². The molecule has 3 heterocycles. The van der Waals surface area contributed by atoms with E-state index in [0.29, 0.717) is 31.9 Å². The van der Waals surface area contributed by atoms with Crippen LogP contribution in [0.25, 0.3) is 16.0 Å².